The van der Waals surface area contributed by atoms with Crippen LogP contribution in [-0.4, -0.2) is 50.0 Å². The number of nitrogens with zero attached hydrogens (tertiary/aromatic N) is 2. The molecule has 0 aliphatic heterocycles. The van der Waals surface area contributed by atoms with Gasteiger partial charge in [0.25, 0.3) is 0 Å². The maximum Gasteiger partial charge on any atom is 0.244 e. The van der Waals surface area contributed by atoms with E-state index in [-0.39, 0.29) is 40.6 Å². The molecule has 1 atom stereocenters. The lowest BCUT2D eigenvalue weighted by atomic mass is 9.94. The summed E-state index contributed by atoms with van der Waals surface area (Å²) in [7, 11) is -3.97. The molecule has 1 unspecified atom stereocenters. The van der Waals surface area contributed by atoms with Gasteiger partial charge in [-0.3, -0.25) is 13.9 Å². The molecular formula is C31H34Cl3N3O4S. The largest absolute Gasteiger partial charge is 0.352 e. The average Bonchev–Trinajstić information content (AvgIpc) is 2.95. The number of nitrogens with one attached hydrogen (secondary N) is 1. The second-order valence-electron chi connectivity index (χ2n) is 10.5. The lowest BCUT2D eigenvalue weighted by Crippen LogP contribution is -2.55. The summed E-state index contributed by atoms with van der Waals surface area (Å²) in [6.45, 7) is -0.544. The number of benzene rings is 3. The summed E-state index contributed by atoms with van der Waals surface area (Å²) < 4.78 is 26.9. The van der Waals surface area contributed by atoms with Gasteiger partial charge in [0.15, 0.2) is 0 Å². The molecular weight excluding hydrogens is 617 g/mol. The van der Waals surface area contributed by atoms with E-state index in [2.05, 4.69) is 5.32 Å². The molecule has 1 saturated carbocycles. The van der Waals surface area contributed by atoms with Crippen molar-refractivity contribution in [1.29, 1.82) is 0 Å². The number of amides is 2. The fourth-order valence-corrected chi connectivity index (χ4v) is 6.73. The molecule has 224 valence electrons. The number of anilines is 1. The molecule has 0 radical (unpaired) electrons. The molecule has 1 fully saturated rings. The van der Waals surface area contributed by atoms with E-state index in [0.29, 0.717) is 10.6 Å². The van der Waals surface area contributed by atoms with Crippen molar-refractivity contribution < 1.29 is 18.0 Å². The van der Waals surface area contributed by atoms with Gasteiger partial charge in [-0.25, -0.2) is 8.42 Å². The van der Waals surface area contributed by atoms with Crippen molar-refractivity contribution in [2.24, 2.45) is 0 Å². The SMILES string of the molecule is CS(=O)(=O)N(CC(=O)N(Cc1cccc(Cl)c1)C(Cc1ccccc1)C(=O)NC1CCCCC1)c1cccc(Cl)c1Cl. The van der Waals surface area contributed by atoms with Crippen molar-refractivity contribution in [3.8, 4) is 0 Å². The minimum Gasteiger partial charge on any atom is -0.352 e. The van der Waals surface area contributed by atoms with E-state index in [4.69, 9.17) is 34.8 Å². The summed E-state index contributed by atoms with van der Waals surface area (Å²) in [5.74, 6) is -0.857. The summed E-state index contributed by atoms with van der Waals surface area (Å²) >= 11 is 18.8. The Hall–Kier alpha value is -2.78. The number of sulfonamides is 1. The highest BCUT2D eigenvalue weighted by molar-refractivity contribution is 7.92. The maximum atomic E-state index is 14.2. The van der Waals surface area contributed by atoms with Gasteiger partial charge in [-0.05, 0) is 48.2 Å². The van der Waals surface area contributed by atoms with Gasteiger partial charge in [0.1, 0.15) is 12.6 Å². The highest BCUT2D eigenvalue weighted by atomic mass is 35.5. The van der Waals surface area contributed by atoms with Crippen LogP contribution in [0.2, 0.25) is 15.1 Å². The first-order chi connectivity index (χ1) is 20.0. The molecule has 0 bridgehead atoms. The molecule has 4 rings (SSSR count). The predicted octanol–water partition coefficient (Wildman–Crippen LogP) is 6.50. The first-order valence-corrected chi connectivity index (χ1v) is 16.8. The summed E-state index contributed by atoms with van der Waals surface area (Å²) in [5, 5.41) is 3.82. The van der Waals surface area contributed by atoms with Crippen LogP contribution in [0.15, 0.2) is 72.8 Å². The second-order valence-corrected chi connectivity index (χ2v) is 13.7. The summed E-state index contributed by atoms with van der Waals surface area (Å²) in [5.41, 5.74) is 1.64. The molecule has 2 amide bonds. The number of carbonyl (C=O) groups is 2. The summed E-state index contributed by atoms with van der Waals surface area (Å²) in [6, 6.07) is 20.1. The number of carbonyl (C=O) groups excluding carboxylic acids is 2. The van der Waals surface area contributed by atoms with E-state index in [0.717, 1.165) is 48.2 Å². The monoisotopic (exact) mass is 649 g/mol. The van der Waals surface area contributed by atoms with Crippen LogP contribution in [0.4, 0.5) is 5.69 Å². The van der Waals surface area contributed by atoms with Gasteiger partial charge < -0.3 is 10.2 Å². The van der Waals surface area contributed by atoms with Gasteiger partial charge in [-0.2, -0.15) is 0 Å². The molecule has 42 heavy (non-hydrogen) atoms. The second kappa shape index (κ2) is 14.6. The lowest BCUT2D eigenvalue weighted by molar-refractivity contribution is -0.140. The van der Waals surface area contributed by atoms with Crippen molar-refractivity contribution in [2.45, 2.75) is 57.2 Å². The summed E-state index contributed by atoms with van der Waals surface area (Å²) in [4.78, 5) is 29.6. The van der Waals surface area contributed by atoms with Crippen LogP contribution in [0, 0.1) is 0 Å². The van der Waals surface area contributed by atoms with Crippen LogP contribution in [0.5, 0.6) is 0 Å². The molecule has 0 spiro atoms. The third-order valence-electron chi connectivity index (χ3n) is 7.34. The molecule has 7 nitrogen and oxygen atoms in total. The van der Waals surface area contributed by atoms with Crippen LogP contribution in [0.3, 0.4) is 0 Å². The fourth-order valence-electron chi connectivity index (χ4n) is 5.21. The number of hydrogen-bond acceptors (Lipinski definition) is 4. The quantitative estimate of drug-likeness (QED) is 0.257. The van der Waals surface area contributed by atoms with Crippen LogP contribution in [-0.2, 0) is 32.6 Å². The van der Waals surface area contributed by atoms with Crippen molar-refractivity contribution in [3.05, 3.63) is 99.0 Å². The van der Waals surface area contributed by atoms with Crippen LogP contribution in [0.1, 0.15) is 43.2 Å². The van der Waals surface area contributed by atoms with Crippen molar-refractivity contribution >= 4 is 62.3 Å². The first-order valence-electron chi connectivity index (χ1n) is 13.8. The highest BCUT2D eigenvalue weighted by Gasteiger charge is 2.34. The molecule has 3 aromatic carbocycles. The number of hydrogen-bond donors (Lipinski definition) is 1. The van der Waals surface area contributed by atoms with E-state index in [1.165, 1.54) is 17.0 Å². The van der Waals surface area contributed by atoms with Gasteiger partial charge in [0.05, 0.1) is 22.0 Å². The van der Waals surface area contributed by atoms with Gasteiger partial charge in [0.2, 0.25) is 21.8 Å². The van der Waals surface area contributed by atoms with E-state index >= 15 is 0 Å². The van der Waals surface area contributed by atoms with E-state index < -0.39 is 28.5 Å². The molecule has 11 heteroatoms. The van der Waals surface area contributed by atoms with E-state index in [1.54, 1.807) is 24.3 Å². The van der Waals surface area contributed by atoms with Crippen LogP contribution < -0.4 is 9.62 Å². The third kappa shape index (κ3) is 8.63. The summed E-state index contributed by atoms with van der Waals surface area (Å²) in [6.07, 6.45) is 6.18. The Morgan fingerprint density at radius 1 is 0.905 bits per heavy atom. The Morgan fingerprint density at radius 2 is 1.57 bits per heavy atom. The topological polar surface area (TPSA) is 86.8 Å². The zero-order valence-corrected chi connectivity index (χ0v) is 26.4. The van der Waals surface area contributed by atoms with Crippen molar-refractivity contribution in [3.63, 3.8) is 0 Å². The van der Waals surface area contributed by atoms with Crippen LogP contribution >= 0.6 is 34.8 Å². The van der Waals surface area contributed by atoms with Crippen molar-refractivity contribution in [2.75, 3.05) is 17.1 Å². The molecule has 1 aliphatic carbocycles. The average molecular weight is 651 g/mol. The molecule has 3 aromatic rings. The fraction of sp³-hybridized carbons (Fsp3) is 0.355. The zero-order valence-electron chi connectivity index (χ0n) is 23.3. The van der Waals surface area contributed by atoms with Gasteiger partial charge in [-0.15, -0.1) is 0 Å². The highest BCUT2D eigenvalue weighted by Crippen LogP contribution is 2.34. The van der Waals surface area contributed by atoms with Gasteiger partial charge >= 0.3 is 0 Å². The minimum atomic E-state index is -3.97. The Balaban J connectivity index is 1.74. The van der Waals surface area contributed by atoms with E-state index in [1.807, 2.05) is 36.4 Å². The molecule has 0 heterocycles. The smallest absolute Gasteiger partial charge is 0.244 e. The Morgan fingerprint density at radius 3 is 2.24 bits per heavy atom. The Bertz CT molecular complexity index is 1500. The third-order valence-corrected chi connectivity index (χ3v) is 9.51. The number of rotatable bonds is 11. The zero-order chi connectivity index (χ0) is 30.3. The first kappa shape index (κ1) is 32.1. The molecule has 1 aliphatic rings. The van der Waals surface area contributed by atoms with Crippen LogP contribution in [0.25, 0.3) is 0 Å². The molecule has 0 aromatic heterocycles. The molecule has 0 saturated heterocycles. The normalized spacial score (nSPS) is 14.7. The van der Waals surface area contributed by atoms with Gasteiger partial charge in [0, 0.05) is 24.0 Å². The Labute approximate surface area is 262 Å². The molecule has 1 N–H and O–H groups in total. The predicted molar refractivity (Wildman–Crippen MR) is 170 cm³/mol. The van der Waals surface area contributed by atoms with E-state index in [9.17, 15) is 18.0 Å². The number of halogens is 3. The maximum absolute atomic E-state index is 14.2. The Kier molecular flexibility index (Phi) is 11.2. The van der Waals surface area contributed by atoms with Gasteiger partial charge in [-0.1, -0.05) is 103 Å². The lowest BCUT2D eigenvalue weighted by Gasteiger charge is -2.35. The standard InChI is InChI=1S/C31H34Cl3N3O4S/c1-42(40,41)37(27-17-9-16-26(33)30(27)34)21-29(38)36(20-23-12-8-13-24(32)18-23)28(19-22-10-4-2-5-11-22)31(39)35-25-14-6-3-7-15-25/h2,4-5,8-13,16-18,25,28H,3,6-7,14-15,19-21H2,1H3,(H,35,39). The van der Waals surface area contributed by atoms with Crippen molar-refractivity contribution in [1.82, 2.24) is 10.2 Å². The minimum absolute atomic E-state index is 0.00894.